The van der Waals surface area contributed by atoms with Crippen molar-refractivity contribution in [2.24, 2.45) is 16.7 Å². The fraction of sp³-hybridized carbons (Fsp3) is 0.640. The zero-order valence-electron chi connectivity index (χ0n) is 19.6. The minimum absolute atomic E-state index is 0.106. The molecule has 33 heavy (non-hydrogen) atoms. The summed E-state index contributed by atoms with van der Waals surface area (Å²) in [6, 6.07) is 6.69. The number of unbranched alkanes of at least 4 members (excludes halogenated alkanes) is 1. The van der Waals surface area contributed by atoms with Crippen LogP contribution in [0.25, 0.3) is 0 Å². The molecule has 4 aliphatic rings. The van der Waals surface area contributed by atoms with Crippen molar-refractivity contribution in [3.05, 3.63) is 29.8 Å². The Morgan fingerprint density at radius 2 is 1.64 bits per heavy atom. The van der Waals surface area contributed by atoms with Gasteiger partial charge in [-0.2, -0.15) is 0 Å². The van der Waals surface area contributed by atoms with Crippen molar-refractivity contribution in [1.82, 2.24) is 16.1 Å². The van der Waals surface area contributed by atoms with Crippen molar-refractivity contribution in [3.8, 4) is 0 Å². The van der Waals surface area contributed by atoms with Gasteiger partial charge in [-0.1, -0.05) is 13.8 Å². The van der Waals surface area contributed by atoms with E-state index < -0.39 is 5.91 Å². The average molecular weight is 457 g/mol. The van der Waals surface area contributed by atoms with E-state index in [0.29, 0.717) is 47.4 Å². The first-order chi connectivity index (χ1) is 15.6. The summed E-state index contributed by atoms with van der Waals surface area (Å²) in [6.07, 6.45) is 8.47. The van der Waals surface area contributed by atoms with Crippen LogP contribution in [0.1, 0.15) is 82.0 Å². The zero-order chi connectivity index (χ0) is 23.7. The van der Waals surface area contributed by atoms with Crippen molar-refractivity contribution in [2.45, 2.75) is 77.2 Å². The van der Waals surface area contributed by atoms with Crippen molar-refractivity contribution >= 4 is 23.5 Å². The minimum atomic E-state index is -0.431. The molecule has 8 heteroatoms. The first-order valence-corrected chi connectivity index (χ1v) is 12.0. The lowest BCUT2D eigenvalue weighted by Gasteiger charge is -2.65. The van der Waals surface area contributed by atoms with Gasteiger partial charge in [0.1, 0.15) is 0 Å². The number of benzene rings is 1. The van der Waals surface area contributed by atoms with Crippen LogP contribution in [0.4, 0.5) is 10.5 Å². The lowest BCUT2D eigenvalue weighted by atomic mass is 9.43. The van der Waals surface area contributed by atoms with Gasteiger partial charge in [-0.15, -0.1) is 0 Å². The van der Waals surface area contributed by atoms with Gasteiger partial charge in [0, 0.05) is 29.8 Å². The van der Waals surface area contributed by atoms with E-state index in [1.807, 2.05) is 0 Å². The van der Waals surface area contributed by atoms with Crippen LogP contribution in [0, 0.1) is 16.7 Å². The molecule has 2 atom stereocenters. The molecule has 1 aromatic rings. The van der Waals surface area contributed by atoms with Crippen LogP contribution >= 0.6 is 0 Å². The minimum Gasteiger partial charge on any atom is -0.352 e. The van der Waals surface area contributed by atoms with Gasteiger partial charge in [0.05, 0.1) is 0 Å². The molecule has 0 aliphatic heterocycles. The van der Waals surface area contributed by atoms with Gasteiger partial charge in [-0.25, -0.2) is 10.3 Å². The highest BCUT2D eigenvalue weighted by Crippen LogP contribution is 2.66. The van der Waals surface area contributed by atoms with Gasteiger partial charge in [0.2, 0.25) is 5.91 Å². The van der Waals surface area contributed by atoms with Crippen molar-refractivity contribution < 1.29 is 19.6 Å². The Balaban J connectivity index is 1.26. The third kappa shape index (κ3) is 5.49. The summed E-state index contributed by atoms with van der Waals surface area (Å²) in [5, 5.41) is 17.6. The van der Waals surface area contributed by atoms with Crippen molar-refractivity contribution in [1.29, 1.82) is 0 Å². The molecular formula is C25H36N4O4. The number of amides is 4. The van der Waals surface area contributed by atoms with Gasteiger partial charge in [0.15, 0.2) is 0 Å². The van der Waals surface area contributed by atoms with E-state index in [-0.39, 0.29) is 23.9 Å². The summed E-state index contributed by atoms with van der Waals surface area (Å²) in [7, 11) is 0. The number of nitrogens with one attached hydrogen (secondary N) is 4. The fourth-order valence-electron chi connectivity index (χ4n) is 7.47. The van der Waals surface area contributed by atoms with Crippen LogP contribution < -0.4 is 21.4 Å². The topological polar surface area (TPSA) is 120 Å². The summed E-state index contributed by atoms with van der Waals surface area (Å²) in [6.45, 7) is 5.22. The summed E-state index contributed by atoms with van der Waals surface area (Å²) in [5.41, 5.74) is 3.32. The quantitative estimate of drug-likeness (QED) is 0.231. The Morgan fingerprint density at radius 1 is 0.970 bits per heavy atom. The highest BCUT2D eigenvalue weighted by molar-refractivity contribution is 5.95. The largest absolute Gasteiger partial charge is 0.352 e. The van der Waals surface area contributed by atoms with Crippen LogP contribution in [0.5, 0.6) is 0 Å². The molecule has 0 aromatic heterocycles. The molecule has 0 radical (unpaired) electrons. The summed E-state index contributed by atoms with van der Waals surface area (Å²) < 4.78 is 0. The predicted octanol–water partition coefficient (Wildman–Crippen LogP) is 3.96. The van der Waals surface area contributed by atoms with Crippen LogP contribution in [0.2, 0.25) is 0 Å². The Bertz CT molecular complexity index is 897. The lowest BCUT2D eigenvalue weighted by Crippen LogP contribution is -2.65. The molecule has 5 rings (SSSR count). The maximum atomic E-state index is 12.9. The van der Waals surface area contributed by atoms with Gasteiger partial charge in [-0.3, -0.25) is 14.8 Å². The van der Waals surface area contributed by atoms with E-state index in [2.05, 4.69) is 29.8 Å². The van der Waals surface area contributed by atoms with E-state index >= 15 is 0 Å². The Labute approximate surface area is 195 Å². The molecule has 4 bridgehead atoms. The molecule has 4 amide bonds. The number of hydrogen-bond acceptors (Lipinski definition) is 4. The fourth-order valence-corrected chi connectivity index (χ4v) is 7.47. The van der Waals surface area contributed by atoms with E-state index in [1.54, 1.807) is 29.7 Å². The predicted molar refractivity (Wildman–Crippen MR) is 125 cm³/mol. The van der Waals surface area contributed by atoms with Crippen LogP contribution in [-0.4, -0.2) is 35.1 Å². The van der Waals surface area contributed by atoms with Crippen molar-refractivity contribution in [3.63, 3.8) is 0 Å². The van der Waals surface area contributed by atoms with Crippen LogP contribution in [-0.2, 0) is 4.79 Å². The number of rotatable bonds is 8. The summed E-state index contributed by atoms with van der Waals surface area (Å²) in [4.78, 5) is 36.1. The smallest absolute Gasteiger partial charge is 0.319 e. The van der Waals surface area contributed by atoms with Crippen LogP contribution in [0.3, 0.4) is 0 Å². The van der Waals surface area contributed by atoms with E-state index in [0.717, 1.165) is 19.3 Å². The second-order valence-corrected chi connectivity index (χ2v) is 11.3. The van der Waals surface area contributed by atoms with Gasteiger partial charge in [-0.05, 0) is 92.4 Å². The van der Waals surface area contributed by atoms with Gasteiger partial charge < -0.3 is 16.0 Å². The van der Waals surface area contributed by atoms with E-state index in [9.17, 15) is 14.4 Å². The first kappa shape index (κ1) is 23.5. The zero-order valence-corrected chi connectivity index (χ0v) is 19.6. The van der Waals surface area contributed by atoms with E-state index in [4.69, 9.17) is 5.21 Å². The molecule has 4 aliphatic carbocycles. The second kappa shape index (κ2) is 8.97. The van der Waals surface area contributed by atoms with E-state index in [1.165, 1.54) is 19.3 Å². The third-order valence-corrected chi connectivity index (χ3v) is 7.65. The molecule has 0 heterocycles. The number of carbonyl (C=O) groups is 3. The molecule has 2 unspecified atom stereocenters. The maximum Gasteiger partial charge on any atom is 0.319 e. The number of hydroxylamine groups is 1. The molecule has 4 saturated carbocycles. The molecule has 180 valence electrons. The van der Waals surface area contributed by atoms with Gasteiger partial charge >= 0.3 is 6.03 Å². The monoisotopic (exact) mass is 456 g/mol. The number of hydrogen-bond donors (Lipinski definition) is 5. The Hall–Kier alpha value is -2.61. The molecule has 1 aromatic carbocycles. The Kier molecular flexibility index (Phi) is 6.40. The molecule has 5 N–H and O–H groups in total. The number of carbonyl (C=O) groups excluding carboxylic acids is 3. The molecule has 0 saturated heterocycles. The molecule has 0 spiro atoms. The normalized spacial score (nSPS) is 31.7. The second-order valence-electron chi connectivity index (χ2n) is 11.3. The highest BCUT2D eigenvalue weighted by Gasteiger charge is 2.60. The average Bonchev–Trinajstić information content (AvgIpc) is 2.70. The first-order valence-electron chi connectivity index (χ1n) is 12.0. The van der Waals surface area contributed by atoms with Crippen molar-refractivity contribution in [2.75, 3.05) is 11.9 Å². The summed E-state index contributed by atoms with van der Waals surface area (Å²) in [5.74, 6) is 0.0777. The highest BCUT2D eigenvalue weighted by atomic mass is 16.5. The number of urea groups is 1. The summed E-state index contributed by atoms with van der Waals surface area (Å²) >= 11 is 0. The van der Waals surface area contributed by atoms with Gasteiger partial charge in [0.25, 0.3) is 5.91 Å². The number of anilines is 1. The standard InChI is InChI=1S/C25H36N4O4/c1-23-11-17-12-24(2,14-23)16-25(13-17,15-23)28-22(32)27-19-8-6-18(7-9-19)21(31)26-10-4-3-5-20(30)29-33/h6-9,17,33H,3-5,10-16H2,1-2H3,(H,26,31)(H,29,30)(H2,27,28,32). The molecule has 4 fully saturated rings. The van der Waals surface area contributed by atoms with Crippen LogP contribution in [0.15, 0.2) is 24.3 Å². The molecular weight excluding hydrogens is 420 g/mol. The Morgan fingerprint density at radius 3 is 2.24 bits per heavy atom. The maximum absolute atomic E-state index is 12.9. The molecule has 8 nitrogen and oxygen atoms in total. The SMILES string of the molecule is CC12CC3CC(C)(C1)CC(NC(=O)Nc1ccc(C(=O)NCCCCC(=O)NO)cc1)(C3)C2. The lowest BCUT2D eigenvalue weighted by molar-refractivity contribution is -0.129. The third-order valence-electron chi connectivity index (χ3n) is 7.65.